The molecular weight excluding hydrogens is 331 g/mol. The summed E-state index contributed by atoms with van der Waals surface area (Å²) in [6.07, 6.45) is -0.766. The molecule has 1 N–H and O–H groups in total. The zero-order valence-electron chi connectivity index (χ0n) is 11.9. The topological polar surface area (TPSA) is 66.1 Å². The smallest absolute Gasteiger partial charge is 0.348 e. The Morgan fingerprint density at radius 3 is 2.74 bits per heavy atom. The molecule has 0 radical (unpaired) electrons. The Balaban J connectivity index is 1.85. The second-order valence-corrected chi connectivity index (χ2v) is 7.29. The predicted octanol–water partition coefficient (Wildman–Crippen LogP) is 2.61. The van der Waals surface area contributed by atoms with Crippen LogP contribution in [0.25, 0.3) is 0 Å². The molecule has 0 aliphatic carbocycles. The van der Waals surface area contributed by atoms with Gasteiger partial charge < -0.3 is 4.98 Å². The van der Waals surface area contributed by atoms with E-state index in [0.29, 0.717) is 18.3 Å². The van der Waals surface area contributed by atoms with Gasteiger partial charge in [0, 0.05) is 31.4 Å². The number of nitrogens with zero attached hydrogens (tertiary/aromatic N) is 2. The molecule has 0 spiro atoms. The fraction of sp³-hybridized carbons (Fsp3) is 0.357. The molecule has 9 heteroatoms. The molecule has 1 atom stereocenters. The molecular formula is C14H14F3N3O2S. The van der Waals surface area contributed by atoms with Crippen LogP contribution >= 0.6 is 0 Å². The number of nitrogens with one attached hydrogen (secondary N) is 1. The summed E-state index contributed by atoms with van der Waals surface area (Å²) in [5, 5.41) is 0. The Kier molecular flexibility index (Phi) is 3.93. The summed E-state index contributed by atoms with van der Waals surface area (Å²) in [6.45, 7) is 0.454. The number of benzene rings is 1. The number of aromatic amines is 1. The Labute approximate surface area is 131 Å². The van der Waals surface area contributed by atoms with E-state index in [2.05, 4.69) is 9.97 Å². The Hall–Kier alpha value is -1.87. The second-order valence-electron chi connectivity index (χ2n) is 5.35. The molecule has 1 fully saturated rings. The summed E-state index contributed by atoms with van der Waals surface area (Å²) in [6, 6.07) is 3.82. The average molecular weight is 345 g/mol. The molecule has 23 heavy (non-hydrogen) atoms. The van der Waals surface area contributed by atoms with Crippen LogP contribution in [-0.4, -0.2) is 35.8 Å². The van der Waals surface area contributed by atoms with Gasteiger partial charge in [0.2, 0.25) is 10.0 Å². The lowest BCUT2D eigenvalue weighted by Crippen LogP contribution is -2.29. The molecule has 5 nitrogen and oxygen atoms in total. The van der Waals surface area contributed by atoms with Crippen LogP contribution in [0.3, 0.4) is 0 Å². The maximum absolute atomic E-state index is 12.8. The van der Waals surface area contributed by atoms with Crippen molar-refractivity contribution in [2.45, 2.75) is 23.4 Å². The van der Waals surface area contributed by atoms with Gasteiger partial charge in [0.1, 0.15) is 5.82 Å². The van der Waals surface area contributed by atoms with Crippen molar-refractivity contribution in [1.29, 1.82) is 0 Å². The van der Waals surface area contributed by atoms with Gasteiger partial charge in [0.15, 0.2) is 0 Å². The summed E-state index contributed by atoms with van der Waals surface area (Å²) in [5.74, 6) is 0.609. The highest BCUT2D eigenvalue weighted by atomic mass is 32.2. The highest BCUT2D eigenvalue weighted by Gasteiger charge is 2.36. The zero-order valence-corrected chi connectivity index (χ0v) is 12.7. The highest BCUT2D eigenvalue weighted by Crippen LogP contribution is 2.33. The SMILES string of the molecule is O=S(=O)(c1cccc(C(F)(F)F)c1)N1CCC(c2ncc[nH]2)C1. The molecule has 0 bridgehead atoms. The standard InChI is InChI=1S/C14H14F3N3O2S/c15-14(16,17)11-2-1-3-12(8-11)23(21,22)20-7-4-10(9-20)13-18-5-6-19-13/h1-3,5-6,8,10H,4,7,9H2,(H,18,19). The first-order valence-electron chi connectivity index (χ1n) is 6.95. The zero-order chi connectivity index (χ0) is 16.7. The third-order valence-corrected chi connectivity index (χ3v) is 5.72. The molecule has 3 rings (SSSR count). The molecule has 0 amide bonds. The van der Waals surface area contributed by atoms with E-state index in [-0.39, 0.29) is 23.9 Å². The number of hydrogen-bond donors (Lipinski definition) is 1. The van der Waals surface area contributed by atoms with Crippen LogP contribution in [0.15, 0.2) is 41.6 Å². The Morgan fingerprint density at radius 1 is 1.30 bits per heavy atom. The van der Waals surface area contributed by atoms with E-state index in [4.69, 9.17) is 0 Å². The Bertz CT molecular complexity index is 788. The molecule has 124 valence electrons. The van der Waals surface area contributed by atoms with Gasteiger partial charge in [-0.1, -0.05) is 6.07 Å². The Morgan fingerprint density at radius 2 is 2.09 bits per heavy atom. The van der Waals surface area contributed by atoms with Gasteiger partial charge in [0.05, 0.1) is 10.5 Å². The van der Waals surface area contributed by atoms with Crippen LogP contribution in [0.5, 0.6) is 0 Å². The predicted molar refractivity (Wildman–Crippen MR) is 76.1 cm³/mol. The summed E-state index contributed by atoms with van der Waals surface area (Å²) in [4.78, 5) is 6.71. The van der Waals surface area contributed by atoms with E-state index >= 15 is 0 Å². The number of hydrogen-bond acceptors (Lipinski definition) is 3. The molecule has 0 saturated carbocycles. The van der Waals surface area contributed by atoms with Crippen molar-refractivity contribution in [1.82, 2.24) is 14.3 Å². The third kappa shape index (κ3) is 3.11. The van der Waals surface area contributed by atoms with Gasteiger partial charge in [0.25, 0.3) is 0 Å². The fourth-order valence-corrected chi connectivity index (χ4v) is 4.20. The van der Waals surface area contributed by atoms with Crippen LogP contribution in [-0.2, 0) is 16.2 Å². The maximum Gasteiger partial charge on any atom is 0.416 e. The lowest BCUT2D eigenvalue weighted by molar-refractivity contribution is -0.137. The van der Waals surface area contributed by atoms with Gasteiger partial charge in [-0.3, -0.25) is 0 Å². The first kappa shape index (κ1) is 16.0. The molecule has 1 aliphatic rings. The van der Waals surface area contributed by atoms with E-state index in [0.717, 1.165) is 12.1 Å². The van der Waals surface area contributed by atoms with Crippen LogP contribution in [0.4, 0.5) is 13.2 Å². The summed E-state index contributed by atoms with van der Waals surface area (Å²) >= 11 is 0. The molecule has 1 aromatic carbocycles. The number of halogens is 3. The van der Waals surface area contributed by atoms with E-state index in [9.17, 15) is 21.6 Å². The lowest BCUT2D eigenvalue weighted by Gasteiger charge is -2.17. The van der Waals surface area contributed by atoms with Crippen LogP contribution in [0.1, 0.15) is 23.7 Å². The van der Waals surface area contributed by atoms with Crippen molar-refractivity contribution in [2.24, 2.45) is 0 Å². The molecule has 2 heterocycles. The van der Waals surface area contributed by atoms with Gasteiger partial charge in [-0.05, 0) is 24.6 Å². The minimum Gasteiger partial charge on any atom is -0.348 e. The molecule has 1 aliphatic heterocycles. The number of imidazole rings is 1. The first-order chi connectivity index (χ1) is 10.8. The largest absolute Gasteiger partial charge is 0.416 e. The summed E-state index contributed by atoms with van der Waals surface area (Å²) < 4.78 is 64.6. The van der Waals surface area contributed by atoms with Crippen LogP contribution in [0, 0.1) is 0 Å². The number of rotatable bonds is 3. The van der Waals surface area contributed by atoms with Crippen molar-refractivity contribution < 1.29 is 21.6 Å². The average Bonchev–Trinajstić information content (AvgIpc) is 3.17. The summed E-state index contributed by atoms with van der Waals surface area (Å²) in [5.41, 5.74) is -0.972. The summed E-state index contributed by atoms with van der Waals surface area (Å²) in [7, 11) is -3.95. The van der Waals surface area contributed by atoms with Crippen molar-refractivity contribution in [3.8, 4) is 0 Å². The van der Waals surface area contributed by atoms with Gasteiger partial charge in [-0.2, -0.15) is 17.5 Å². The van der Waals surface area contributed by atoms with Gasteiger partial charge in [-0.15, -0.1) is 0 Å². The van der Waals surface area contributed by atoms with Crippen LogP contribution < -0.4 is 0 Å². The van der Waals surface area contributed by atoms with E-state index in [1.54, 1.807) is 12.4 Å². The second kappa shape index (κ2) is 5.64. The quantitative estimate of drug-likeness (QED) is 0.930. The normalized spacial score (nSPS) is 20.0. The maximum atomic E-state index is 12.8. The van der Waals surface area contributed by atoms with Crippen LogP contribution in [0.2, 0.25) is 0 Å². The number of alkyl halides is 3. The first-order valence-corrected chi connectivity index (χ1v) is 8.39. The van der Waals surface area contributed by atoms with Crippen molar-refractivity contribution in [3.05, 3.63) is 48.0 Å². The lowest BCUT2D eigenvalue weighted by atomic mass is 10.1. The molecule has 1 aromatic heterocycles. The number of H-pyrrole nitrogens is 1. The molecule has 1 unspecified atom stereocenters. The van der Waals surface area contributed by atoms with E-state index in [1.807, 2.05) is 0 Å². The number of aromatic nitrogens is 2. The fourth-order valence-electron chi connectivity index (χ4n) is 2.65. The van der Waals surface area contributed by atoms with Gasteiger partial charge >= 0.3 is 6.18 Å². The van der Waals surface area contributed by atoms with Gasteiger partial charge in [-0.25, -0.2) is 13.4 Å². The third-order valence-electron chi connectivity index (χ3n) is 3.86. The van der Waals surface area contributed by atoms with Crippen molar-refractivity contribution in [2.75, 3.05) is 13.1 Å². The minimum absolute atomic E-state index is 0.0782. The van der Waals surface area contributed by atoms with Crippen molar-refractivity contribution in [3.63, 3.8) is 0 Å². The van der Waals surface area contributed by atoms with E-state index in [1.165, 1.54) is 10.4 Å². The number of sulfonamides is 1. The highest BCUT2D eigenvalue weighted by molar-refractivity contribution is 7.89. The van der Waals surface area contributed by atoms with Crippen molar-refractivity contribution >= 4 is 10.0 Å². The molecule has 2 aromatic rings. The van der Waals surface area contributed by atoms with E-state index < -0.39 is 21.8 Å². The minimum atomic E-state index is -4.58. The molecule has 1 saturated heterocycles. The monoisotopic (exact) mass is 345 g/mol.